The van der Waals surface area contributed by atoms with E-state index in [-0.39, 0.29) is 25.1 Å². The van der Waals surface area contributed by atoms with Gasteiger partial charge in [-0.15, -0.1) is 0 Å². The Kier molecular flexibility index (Phi) is 5.58. The molecule has 6 nitrogen and oxygen atoms in total. The summed E-state index contributed by atoms with van der Waals surface area (Å²) in [7, 11) is 1.82. The third-order valence-electron chi connectivity index (χ3n) is 4.74. The molecule has 2 heterocycles. The maximum absolute atomic E-state index is 12.5. The van der Waals surface area contributed by atoms with Gasteiger partial charge in [0.15, 0.2) is 0 Å². The molecule has 0 saturated carbocycles. The van der Waals surface area contributed by atoms with Crippen molar-refractivity contribution in [2.75, 3.05) is 33.4 Å². The summed E-state index contributed by atoms with van der Waals surface area (Å²) in [6.07, 6.45) is 4.32. The molecule has 2 aliphatic rings. The fraction of sp³-hybridized carbons (Fsp3) is 0.867. The Labute approximate surface area is 126 Å². The van der Waals surface area contributed by atoms with E-state index in [0.717, 1.165) is 25.8 Å². The Bertz CT molecular complexity index is 388. The average Bonchev–Trinajstić information content (AvgIpc) is 2.96. The topological polar surface area (TPSA) is 70.1 Å². The van der Waals surface area contributed by atoms with E-state index in [4.69, 9.17) is 4.74 Å². The van der Waals surface area contributed by atoms with Crippen molar-refractivity contribution in [1.82, 2.24) is 9.80 Å². The zero-order valence-corrected chi connectivity index (χ0v) is 13.0. The van der Waals surface area contributed by atoms with Gasteiger partial charge >= 0.3 is 5.97 Å². The quantitative estimate of drug-likeness (QED) is 0.813. The van der Waals surface area contributed by atoms with Crippen LogP contribution in [0.25, 0.3) is 0 Å². The van der Waals surface area contributed by atoms with Crippen LogP contribution in [0.4, 0.5) is 0 Å². The van der Waals surface area contributed by atoms with E-state index in [1.807, 2.05) is 16.8 Å². The van der Waals surface area contributed by atoms with Crippen molar-refractivity contribution in [1.29, 1.82) is 0 Å². The van der Waals surface area contributed by atoms with Crippen LogP contribution in [0.5, 0.6) is 0 Å². The number of carbonyl (C=O) groups excluding carboxylic acids is 1. The second-order valence-corrected chi connectivity index (χ2v) is 6.11. The maximum Gasteiger partial charge on any atom is 0.310 e. The van der Waals surface area contributed by atoms with Gasteiger partial charge in [0.1, 0.15) is 0 Å². The highest BCUT2D eigenvalue weighted by molar-refractivity contribution is 5.79. The van der Waals surface area contributed by atoms with Gasteiger partial charge in [-0.05, 0) is 32.7 Å². The summed E-state index contributed by atoms with van der Waals surface area (Å²) in [5.41, 5.74) is 0. The number of carboxylic acids is 1. The van der Waals surface area contributed by atoms with Gasteiger partial charge in [0.2, 0.25) is 5.91 Å². The molecule has 2 saturated heterocycles. The van der Waals surface area contributed by atoms with Gasteiger partial charge in [0, 0.05) is 18.6 Å². The van der Waals surface area contributed by atoms with Gasteiger partial charge in [0.05, 0.1) is 25.7 Å². The first kappa shape index (κ1) is 16.2. The summed E-state index contributed by atoms with van der Waals surface area (Å²) in [6.45, 7) is 3.84. The van der Waals surface area contributed by atoms with Crippen LogP contribution in [0.15, 0.2) is 0 Å². The summed E-state index contributed by atoms with van der Waals surface area (Å²) < 4.78 is 5.27. The lowest BCUT2D eigenvalue weighted by Gasteiger charge is -2.37. The van der Waals surface area contributed by atoms with Crippen molar-refractivity contribution in [3.63, 3.8) is 0 Å². The second kappa shape index (κ2) is 7.22. The molecule has 0 aromatic heterocycles. The van der Waals surface area contributed by atoms with Crippen LogP contribution in [0.3, 0.4) is 0 Å². The summed E-state index contributed by atoms with van der Waals surface area (Å²) >= 11 is 0. The lowest BCUT2D eigenvalue weighted by atomic mass is 9.99. The summed E-state index contributed by atoms with van der Waals surface area (Å²) in [6, 6.07) is 0.131. The molecule has 120 valence electrons. The number of likely N-dealkylation sites (N-methyl/N-ethyl adjacent to an activating group) is 1. The van der Waals surface area contributed by atoms with E-state index in [1.54, 1.807) is 0 Å². The fourth-order valence-electron chi connectivity index (χ4n) is 3.39. The van der Waals surface area contributed by atoms with E-state index in [0.29, 0.717) is 12.6 Å². The largest absolute Gasteiger partial charge is 0.481 e. The predicted molar refractivity (Wildman–Crippen MR) is 78.0 cm³/mol. The van der Waals surface area contributed by atoms with Crippen molar-refractivity contribution in [2.45, 2.75) is 44.7 Å². The van der Waals surface area contributed by atoms with Gasteiger partial charge in [-0.3, -0.25) is 14.5 Å². The lowest BCUT2D eigenvalue weighted by molar-refractivity contribution is -0.144. The van der Waals surface area contributed by atoms with E-state index < -0.39 is 11.9 Å². The molecule has 3 atom stereocenters. The minimum atomic E-state index is -0.846. The summed E-state index contributed by atoms with van der Waals surface area (Å²) in [5, 5.41) is 9.19. The maximum atomic E-state index is 12.5. The second-order valence-electron chi connectivity index (χ2n) is 6.11. The monoisotopic (exact) mass is 298 g/mol. The molecule has 6 heteroatoms. The molecule has 1 N–H and O–H groups in total. The molecule has 0 spiro atoms. The zero-order valence-electron chi connectivity index (χ0n) is 13.0. The zero-order chi connectivity index (χ0) is 15.4. The number of ether oxygens (including phenoxy) is 1. The lowest BCUT2D eigenvalue weighted by Crippen LogP contribution is -2.50. The van der Waals surface area contributed by atoms with Crippen molar-refractivity contribution < 1.29 is 19.4 Å². The molecule has 0 bridgehead atoms. The van der Waals surface area contributed by atoms with Gasteiger partial charge in [-0.2, -0.15) is 0 Å². The first-order valence-corrected chi connectivity index (χ1v) is 7.84. The van der Waals surface area contributed by atoms with Crippen LogP contribution in [-0.4, -0.2) is 72.2 Å². The standard InChI is InChI=1S/C15H26N2O4/c1-3-11-6-4-5-7-17(11)14(18)8-16(2)13-10-21-9-12(13)15(19)20/h11-13H,3-10H2,1-2H3,(H,19,20). The molecule has 3 unspecified atom stereocenters. The van der Waals surface area contributed by atoms with Crippen LogP contribution < -0.4 is 0 Å². The highest BCUT2D eigenvalue weighted by Crippen LogP contribution is 2.22. The number of aliphatic carboxylic acids is 1. The predicted octanol–water partition coefficient (Wildman–Crippen LogP) is 0.809. The molecule has 0 aliphatic carbocycles. The molecule has 21 heavy (non-hydrogen) atoms. The normalized spacial score (nSPS) is 29.9. The average molecular weight is 298 g/mol. The van der Waals surface area contributed by atoms with Crippen molar-refractivity contribution in [3.8, 4) is 0 Å². The number of likely N-dealkylation sites (tertiary alicyclic amines) is 1. The number of rotatable bonds is 5. The molecule has 2 fully saturated rings. The molecule has 0 aromatic rings. The molecular weight excluding hydrogens is 272 g/mol. The molecule has 1 amide bonds. The number of carboxylic acid groups (broad SMARTS) is 1. The molecule has 0 radical (unpaired) electrons. The van der Waals surface area contributed by atoms with E-state index >= 15 is 0 Å². The van der Waals surface area contributed by atoms with E-state index in [9.17, 15) is 14.7 Å². The van der Waals surface area contributed by atoms with Crippen LogP contribution in [-0.2, 0) is 14.3 Å². The highest BCUT2D eigenvalue weighted by Gasteiger charge is 2.38. The van der Waals surface area contributed by atoms with Gasteiger partial charge in [0.25, 0.3) is 0 Å². The van der Waals surface area contributed by atoms with Crippen molar-refractivity contribution >= 4 is 11.9 Å². The third kappa shape index (κ3) is 3.74. The number of hydrogen-bond donors (Lipinski definition) is 1. The first-order valence-electron chi connectivity index (χ1n) is 7.84. The number of nitrogens with zero attached hydrogens (tertiary/aromatic N) is 2. The van der Waals surface area contributed by atoms with E-state index in [2.05, 4.69) is 6.92 Å². The van der Waals surface area contributed by atoms with E-state index in [1.165, 1.54) is 6.42 Å². The Morgan fingerprint density at radius 2 is 2.10 bits per heavy atom. The van der Waals surface area contributed by atoms with Crippen LogP contribution in [0.2, 0.25) is 0 Å². The molecule has 2 rings (SSSR count). The van der Waals surface area contributed by atoms with Crippen molar-refractivity contribution in [2.24, 2.45) is 5.92 Å². The highest BCUT2D eigenvalue weighted by atomic mass is 16.5. The number of carbonyl (C=O) groups is 2. The number of piperidine rings is 1. The Hall–Kier alpha value is -1.14. The van der Waals surface area contributed by atoms with Crippen LogP contribution >= 0.6 is 0 Å². The van der Waals surface area contributed by atoms with Crippen molar-refractivity contribution in [3.05, 3.63) is 0 Å². The smallest absolute Gasteiger partial charge is 0.310 e. The third-order valence-corrected chi connectivity index (χ3v) is 4.74. The van der Waals surface area contributed by atoms with Gasteiger partial charge < -0.3 is 14.7 Å². The molecule has 0 aromatic carbocycles. The van der Waals surface area contributed by atoms with Crippen LogP contribution in [0, 0.1) is 5.92 Å². The molecular formula is C15H26N2O4. The van der Waals surface area contributed by atoms with Gasteiger partial charge in [-0.1, -0.05) is 6.92 Å². The van der Waals surface area contributed by atoms with Gasteiger partial charge in [-0.25, -0.2) is 0 Å². The summed E-state index contributed by atoms with van der Waals surface area (Å²) in [4.78, 5) is 27.5. The van der Waals surface area contributed by atoms with Crippen LogP contribution in [0.1, 0.15) is 32.6 Å². The first-order chi connectivity index (χ1) is 10.0. The molecule has 2 aliphatic heterocycles. The Morgan fingerprint density at radius 1 is 1.33 bits per heavy atom. The minimum Gasteiger partial charge on any atom is -0.481 e. The Balaban J connectivity index is 1.93. The summed E-state index contributed by atoms with van der Waals surface area (Å²) in [5.74, 6) is -1.27. The fourth-order valence-corrected chi connectivity index (χ4v) is 3.39. The number of hydrogen-bond acceptors (Lipinski definition) is 4. The Morgan fingerprint density at radius 3 is 2.76 bits per heavy atom. The minimum absolute atomic E-state index is 0.111. The number of amides is 1. The SMILES string of the molecule is CCC1CCCCN1C(=O)CN(C)C1COCC1C(=O)O.